The molecular formula is C21H35N5O. The van der Waals surface area contributed by atoms with E-state index in [-0.39, 0.29) is 6.10 Å². The van der Waals surface area contributed by atoms with E-state index < -0.39 is 0 Å². The summed E-state index contributed by atoms with van der Waals surface area (Å²) in [5.41, 5.74) is 2.55. The summed E-state index contributed by atoms with van der Waals surface area (Å²) < 4.78 is 8.54. The molecule has 2 rings (SSSR count). The first-order valence-electron chi connectivity index (χ1n) is 10.1. The molecule has 1 aromatic heterocycles. The van der Waals surface area contributed by atoms with Crippen molar-refractivity contribution < 1.29 is 4.74 Å². The van der Waals surface area contributed by atoms with Crippen molar-refractivity contribution in [1.82, 2.24) is 15.1 Å². The van der Waals surface area contributed by atoms with E-state index in [1.807, 2.05) is 7.05 Å². The number of aliphatic imine (C=N–C) groups is 2. The van der Waals surface area contributed by atoms with E-state index in [0.29, 0.717) is 12.0 Å². The molecule has 1 aliphatic heterocycles. The second-order valence-electron chi connectivity index (χ2n) is 7.42. The van der Waals surface area contributed by atoms with E-state index in [2.05, 4.69) is 46.6 Å². The molecule has 0 radical (unpaired) electrons. The van der Waals surface area contributed by atoms with Crippen LogP contribution in [0.4, 0.5) is 0 Å². The Balaban J connectivity index is 1.89. The van der Waals surface area contributed by atoms with E-state index >= 15 is 0 Å². The summed E-state index contributed by atoms with van der Waals surface area (Å²) in [6.45, 7) is 10.2. The van der Waals surface area contributed by atoms with Gasteiger partial charge in [0.15, 0.2) is 0 Å². The van der Waals surface area contributed by atoms with Crippen molar-refractivity contribution >= 4 is 12.9 Å². The molecule has 1 aromatic rings. The average molecular weight is 374 g/mol. The Morgan fingerprint density at radius 3 is 3.04 bits per heavy atom. The lowest BCUT2D eigenvalue weighted by Gasteiger charge is -2.27. The molecule has 0 amide bonds. The minimum atomic E-state index is 0.210. The molecule has 1 N–H and O–H groups in total. The molecule has 0 bridgehead atoms. The molecule has 2 heterocycles. The summed E-state index contributed by atoms with van der Waals surface area (Å²) in [5, 5.41) is 8.07. The summed E-state index contributed by atoms with van der Waals surface area (Å²) in [7, 11) is 1.98. The molecule has 0 aliphatic carbocycles. The van der Waals surface area contributed by atoms with Gasteiger partial charge >= 0.3 is 0 Å². The van der Waals surface area contributed by atoms with Crippen molar-refractivity contribution in [2.75, 3.05) is 26.7 Å². The second kappa shape index (κ2) is 11.8. The standard InChI is InChI=1S/C21H35N5O/c1-17(2)21-15-18-7-5-8-19(26(18)25-21)16-27-20(9-13-23-4)10-14-24-12-6-11-22-3/h6,11-12,15,17,19-20,23H,3,5,7-10,13-14,16H2,1-2,4H3/b11-6-,24-12?. The number of aryl methyl sites for hydroxylation is 1. The van der Waals surface area contributed by atoms with Gasteiger partial charge in [-0.1, -0.05) is 13.8 Å². The molecule has 6 heteroatoms. The van der Waals surface area contributed by atoms with Gasteiger partial charge in [0.2, 0.25) is 0 Å². The fourth-order valence-corrected chi connectivity index (χ4v) is 3.35. The van der Waals surface area contributed by atoms with Crippen LogP contribution in [-0.4, -0.2) is 55.6 Å². The predicted octanol–water partition coefficient (Wildman–Crippen LogP) is 3.55. The SMILES string of the molecule is C=N/C=C\C=NCCC(CCNC)OCC1CCCc2cc(C(C)C)nn21. The van der Waals surface area contributed by atoms with Crippen LogP contribution in [-0.2, 0) is 11.2 Å². The molecule has 27 heavy (non-hydrogen) atoms. The number of rotatable bonds is 12. The van der Waals surface area contributed by atoms with Crippen molar-refractivity contribution in [3.05, 3.63) is 29.7 Å². The Morgan fingerprint density at radius 1 is 1.44 bits per heavy atom. The lowest BCUT2D eigenvalue weighted by molar-refractivity contribution is 0.0167. The van der Waals surface area contributed by atoms with Gasteiger partial charge in [-0.25, -0.2) is 0 Å². The van der Waals surface area contributed by atoms with Gasteiger partial charge in [0.25, 0.3) is 0 Å². The molecular weight excluding hydrogens is 338 g/mol. The molecule has 2 unspecified atom stereocenters. The van der Waals surface area contributed by atoms with E-state index in [4.69, 9.17) is 9.84 Å². The quantitative estimate of drug-likeness (QED) is 0.570. The van der Waals surface area contributed by atoms with Crippen LogP contribution in [0.25, 0.3) is 0 Å². The number of fused-ring (bicyclic) bond motifs is 1. The lowest BCUT2D eigenvalue weighted by Crippen LogP contribution is -2.27. The molecule has 150 valence electrons. The zero-order valence-corrected chi connectivity index (χ0v) is 17.1. The van der Waals surface area contributed by atoms with Crippen LogP contribution in [0, 0.1) is 0 Å². The van der Waals surface area contributed by atoms with Gasteiger partial charge in [-0.15, -0.1) is 0 Å². The van der Waals surface area contributed by atoms with Crippen molar-refractivity contribution in [3.8, 4) is 0 Å². The molecule has 0 spiro atoms. The van der Waals surface area contributed by atoms with E-state index in [1.54, 1.807) is 18.5 Å². The van der Waals surface area contributed by atoms with Crippen molar-refractivity contribution in [2.24, 2.45) is 9.98 Å². The first-order chi connectivity index (χ1) is 13.2. The fraction of sp³-hybridized carbons (Fsp3) is 0.667. The lowest BCUT2D eigenvalue weighted by atomic mass is 10.0. The highest BCUT2D eigenvalue weighted by atomic mass is 16.5. The van der Waals surface area contributed by atoms with Gasteiger partial charge in [0.05, 0.1) is 24.4 Å². The zero-order valence-electron chi connectivity index (χ0n) is 17.1. The minimum absolute atomic E-state index is 0.210. The predicted molar refractivity (Wildman–Crippen MR) is 113 cm³/mol. The third kappa shape index (κ3) is 7.03. The molecule has 0 fully saturated rings. The summed E-state index contributed by atoms with van der Waals surface area (Å²) in [6.07, 6.45) is 10.8. The number of allylic oxidation sites excluding steroid dienone is 1. The van der Waals surface area contributed by atoms with Crippen LogP contribution in [0.15, 0.2) is 28.3 Å². The van der Waals surface area contributed by atoms with E-state index in [1.165, 1.54) is 17.8 Å². The van der Waals surface area contributed by atoms with Crippen molar-refractivity contribution in [1.29, 1.82) is 0 Å². The summed E-state index contributed by atoms with van der Waals surface area (Å²) in [6, 6.07) is 2.62. The van der Waals surface area contributed by atoms with E-state index in [9.17, 15) is 0 Å². The molecule has 2 atom stereocenters. The van der Waals surface area contributed by atoms with Crippen LogP contribution >= 0.6 is 0 Å². The fourth-order valence-electron chi connectivity index (χ4n) is 3.35. The van der Waals surface area contributed by atoms with Gasteiger partial charge in [-0.3, -0.25) is 14.7 Å². The van der Waals surface area contributed by atoms with Crippen LogP contribution in [0.2, 0.25) is 0 Å². The second-order valence-corrected chi connectivity index (χ2v) is 7.42. The molecule has 0 saturated heterocycles. The maximum atomic E-state index is 6.32. The Labute approximate surface area is 163 Å². The smallest absolute Gasteiger partial charge is 0.0756 e. The highest BCUT2D eigenvalue weighted by molar-refractivity contribution is 5.70. The summed E-state index contributed by atoms with van der Waals surface area (Å²) in [5.74, 6) is 0.469. The Morgan fingerprint density at radius 2 is 2.30 bits per heavy atom. The number of hydrogen-bond acceptors (Lipinski definition) is 5. The number of ether oxygens (including phenoxy) is 1. The van der Waals surface area contributed by atoms with Crippen LogP contribution < -0.4 is 5.32 Å². The normalized spacial score (nSPS) is 18.4. The van der Waals surface area contributed by atoms with Gasteiger partial charge < -0.3 is 10.1 Å². The van der Waals surface area contributed by atoms with Crippen molar-refractivity contribution in [3.63, 3.8) is 0 Å². The summed E-state index contributed by atoms with van der Waals surface area (Å²) >= 11 is 0. The highest BCUT2D eigenvalue weighted by Crippen LogP contribution is 2.27. The Kier molecular flexibility index (Phi) is 9.42. The largest absolute Gasteiger partial charge is 0.376 e. The molecule has 0 aromatic carbocycles. The monoisotopic (exact) mass is 373 g/mol. The first kappa shape index (κ1) is 21.5. The molecule has 6 nitrogen and oxygen atoms in total. The molecule has 1 aliphatic rings. The van der Waals surface area contributed by atoms with Gasteiger partial charge in [0, 0.05) is 24.7 Å². The maximum Gasteiger partial charge on any atom is 0.0756 e. The topological polar surface area (TPSA) is 63.8 Å². The van der Waals surface area contributed by atoms with Crippen LogP contribution in [0.3, 0.4) is 0 Å². The maximum absolute atomic E-state index is 6.32. The van der Waals surface area contributed by atoms with Crippen LogP contribution in [0.1, 0.15) is 62.9 Å². The number of aromatic nitrogens is 2. The molecule has 0 saturated carbocycles. The third-order valence-corrected chi connectivity index (χ3v) is 4.94. The zero-order chi connectivity index (χ0) is 19.5. The number of hydrogen-bond donors (Lipinski definition) is 1. The van der Waals surface area contributed by atoms with Gasteiger partial charge in [0.1, 0.15) is 0 Å². The number of nitrogens with zero attached hydrogens (tertiary/aromatic N) is 4. The van der Waals surface area contributed by atoms with E-state index in [0.717, 1.165) is 45.4 Å². The van der Waals surface area contributed by atoms with Gasteiger partial charge in [-0.2, -0.15) is 5.10 Å². The minimum Gasteiger partial charge on any atom is -0.376 e. The highest BCUT2D eigenvalue weighted by Gasteiger charge is 2.23. The van der Waals surface area contributed by atoms with Gasteiger partial charge in [-0.05, 0) is 70.5 Å². The first-order valence-corrected chi connectivity index (χ1v) is 10.1. The third-order valence-electron chi connectivity index (χ3n) is 4.94. The van der Waals surface area contributed by atoms with Crippen molar-refractivity contribution in [2.45, 2.75) is 64.0 Å². The summed E-state index contributed by atoms with van der Waals surface area (Å²) in [4.78, 5) is 8.05. The number of nitrogens with one attached hydrogen (secondary N) is 1. The van der Waals surface area contributed by atoms with Crippen LogP contribution in [0.5, 0.6) is 0 Å². The Hall–Kier alpha value is -1.79. The average Bonchev–Trinajstić information content (AvgIpc) is 3.11. The Bertz CT molecular complexity index is 620.